The Kier molecular flexibility index (Phi) is 5.79. The Labute approximate surface area is 141 Å². The fourth-order valence-corrected chi connectivity index (χ4v) is 2.97. The lowest BCUT2D eigenvalue weighted by Gasteiger charge is -2.12. The molecule has 0 saturated carbocycles. The molecule has 2 aromatic rings. The van der Waals surface area contributed by atoms with Crippen molar-refractivity contribution in [3.8, 4) is 0 Å². The molecule has 0 bridgehead atoms. The van der Waals surface area contributed by atoms with E-state index in [4.69, 9.17) is 9.84 Å². The van der Waals surface area contributed by atoms with Crippen molar-refractivity contribution >= 4 is 11.9 Å². The average molecular weight is 329 g/mol. The Morgan fingerprint density at radius 1 is 1.17 bits per heavy atom. The summed E-state index contributed by atoms with van der Waals surface area (Å²) in [5, 5.41) is 8.96. The molecule has 0 radical (unpaired) electrons. The molecular formula is C19H23NO4. The van der Waals surface area contributed by atoms with Gasteiger partial charge in [0.25, 0.3) is 0 Å². The zero-order chi connectivity index (χ0) is 17.7. The van der Waals surface area contributed by atoms with Crippen LogP contribution in [0.25, 0.3) is 0 Å². The number of ether oxygens (including phenoxy) is 1. The number of aromatic nitrogens is 1. The minimum absolute atomic E-state index is 0.0410. The zero-order valence-electron chi connectivity index (χ0n) is 14.3. The summed E-state index contributed by atoms with van der Waals surface area (Å²) in [5.74, 6) is -1.21. The molecule has 0 aliphatic carbocycles. The van der Waals surface area contributed by atoms with Crippen LogP contribution in [-0.2, 0) is 22.5 Å². The fraction of sp³-hybridized carbons (Fsp3) is 0.368. The number of rotatable bonds is 7. The van der Waals surface area contributed by atoms with Gasteiger partial charge < -0.3 is 14.4 Å². The normalized spacial score (nSPS) is 10.6. The second kappa shape index (κ2) is 7.81. The number of carbonyl (C=O) groups is 2. The molecule has 0 aliphatic rings. The number of carboxylic acid groups (broad SMARTS) is 1. The number of benzene rings is 1. The summed E-state index contributed by atoms with van der Waals surface area (Å²) in [7, 11) is 0. The van der Waals surface area contributed by atoms with Crippen molar-refractivity contribution < 1.29 is 19.4 Å². The number of esters is 1. The van der Waals surface area contributed by atoms with Crippen LogP contribution in [-0.4, -0.2) is 28.2 Å². The molecule has 0 atom stereocenters. The van der Waals surface area contributed by atoms with E-state index in [9.17, 15) is 9.59 Å². The predicted octanol–water partition coefficient (Wildman–Crippen LogP) is 3.35. The minimum atomic E-state index is -0.845. The van der Waals surface area contributed by atoms with Crippen molar-refractivity contribution in [3.63, 3.8) is 0 Å². The van der Waals surface area contributed by atoms with Gasteiger partial charge in [-0.1, -0.05) is 30.3 Å². The molecule has 2 rings (SSSR count). The summed E-state index contributed by atoms with van der Waals surface area (Å²) in [6.07, 6.45) is 0.445. The van der Waals surface area contributed by atoms with Gasteiger partial charge in [0, 0.05) is 18.7 Å². The van der Waals surface area contributed by atoms with Crippen molar-refractivity contribution in [2.45, 2.75) is 40.2 Å². The molecule has 24 heavy (non-hydrogen) atoms. The highest BCUT2D eigenvalue weighted by Gasteiger charge is 2.23. The molecule has 0 aliphatic heterocycles. The first-order chi connectivity index (χ1) is 11.5. The van der Waals surface area contributed by atoms with E-state index in [2.05, 4.69) is 0 Å². The van der Waals surface area contributed by atoms with E-state index in [-0.39, 0.29) is 12.4 Å². The SMILES string of the molecule is CCOC(=O)c1c(C)c(CCC(=O)O)c(C)n1Cc1ccccc1. The minimum Gasteiger partial charge on any atom is -0.481 e. The number of aliphatic carboxylic acids is 1. The Balaban J connectivity index is 2.47. The fourth-order valence-electron chi connectivity index (χ4n) is 2.97. The van der Waals surface area contributed by atoms with Gasteiger partial charge in [-0.15, -0.1) is 0 Å². The summed E-state index contributed by atoms with van der Waals surface area (Å²) in [5.41, 5.74) is 4.23. The molecule has 0 amide bonds. The molecule has 5 heteroatoms. The Bertz CT molecular complexity index is 732. The Morgan fingerprint density at radius 3 is 2.42 bits per heavy atom. The maximum atomic E-state index is 12.4. The standard InChI is InChI=1S/C19H23NO4/c1-4-24-19(23)18-13(2)16(10-11-17(21)22)14(3)20(18)12-15-8-6-5-7-9-15/h5-9H,4,10-12H2,1-3H3,(H,21,22). The van der Waals surface area contributed by atoms with E-state index in [0.717, 1.165) is 22.4 Å². The summed E-state index contributed by atoms with van der Waals surface area (Å²) in [6.45, 7) is 6.41. The van der Waals surface area contributed by atoms with E-state index < -0.39 is 5.97 Å². The number of carboxylic acids is 1. The van der Waals surface area contributed by atoms with Crippen molar-refractivity contribution in [2.75, 3.05) is 6.61 Å². The summed E-state index contributed by atoms with van der Waals surface area (Å²) >= 11 is 0. The van der Waals surface area contributed by atoms with Crippen LogP contribution in [0.1, 0.15) is 46.2 Å². The number of carbonyl (C=O) groups excluding carboxylic acids is 1. The van der Waals surface area contributed by atoms with Gasteiger partial charge in [-0.25, -0.2) is 4.79 Å². The van der Waals surface area contributed by atoms with Crippen LogP contribution in [0, 0.1) is 13.8 Å². The number of nitrogens with zero attached hydrogens (tertiary/aromatic N) is 1. The zero-order valence-corrected chi connectivity index (χ0v) is 14.3. The highest BCUT2D eigenvalue weighted by atomic mass is 16.5. The Hall–Kier alpha value is -2.56. The average Bonchev–Trinajstić information content (AvgIpc) is 2.77. The van der Waals surface area contributed by atoms with Gasteiger partial charge in [-0.3, -0.25) is 4.79 Å². The first kappa shape index (κ1) is 17.8. The smallest absolute Gasteiger partial charge is 0.355 e. The van der Waals surface area contributed by atoms with Gasteiger partial charge in [-0.05, 0) is 43.9 Å². The molecule has 128 valence electrons. The van der Waals surface area contributed by atoms with Crippen LogP contribution < -0.4 is 0 Å². The lowest BCUT2D eigenvalue weighted by molar-refractivity contribution is -0.136. The van der Waals surface area contributed by atoms with Crippen molar-refractivity contribution in [3.05, 3.63) is 58.4 Å². The molecule has 0 spiro atoms. The maximum Gasteiger partial charge on any atom is 0.355 e. The van der Waals surface area contributed by atoms with Crippen molar-refractivity contribution in [2.24, 2.45) is 0 Å². The third-order valence-electron chi connectivity index (χ3n) is 4.16. The lowest BCUT2D eigenvalue weighted by Crippen LogP contribution is -2.15. The monoisotopic (exact) mass is 329 g/mol. The second-order valence-corrected chi connectivity index (χ2v) is 5.72. The van der Waals surface area contributed by atoms with Crippen LogP contribution >= 0.6 is 0 Å². The molecule has 0 fully saturated rings. The molecule has 1 aromatic carbocycles. The van der Waals surface area contributed by atoms with E-state index in [0.29, 0.717) is 25.3 Å². The summed E-state index contributed by atoms with van der Waals surface area (Å²) < 4.78 is 7.14. The van der Waals surface area contributed by atoms with Crippen LogP contribution in [0.3, 0.4) is 0 Å². The summed E-state index contributed by atoms with van der Waals surface area (Å²) in [6, 6.07) is 9.86. The molecule has 1 N–H and O–H groups in total. The topological polar surface area (TPSA) is 68.5 Å². The highest BCUT2D eigenvalue weighted by molar-refractivity contribution is 5.90. The summed E-state index contributed by atoms with van der Waals surface area (Å²) in [4.78, 5) is 23.3. The largest absolute Gasteiger partial charge is 0.481 e. The van der Waals surface area contributed by atoms with E-state index >= 15 is 0 Å². The van der Waals surface area contributed by atoms with Gasteiger partial charge in [0.15, 0.2) is 0 Å². The lowest BCUT2D eigenvalue weighted by atomic mass is 10.1. The van der Waals surface area contributed by atoms with Gasteiger partial charge in [0.2, 0.25) is 0 Å². The first-order valence-corrected chi connectivity index (χ1v) is 8.07. The van der Waals surface area contributed by atoms with Gasteiger partial charge >= 0.3 is 11.9 Å². The molecule has 1 heterocycles. The quantitative estimate of drug-likeness (QED) is 0.791. The van der Waals surface area contributed by atoms with Gasteiger partial charge in [0.05, 0.1) is 6.61 Å². The molecule has 5 nitrogen and oxygen atoms in total. The second-order valence-electron chi connectivity index (χ2n) is 5.72. The Morgan fingerprint density at radius 2 is 1.83 bits per heavy atom. The van der Waals surface area contributed by atoms with Crippen molar-refractivity contribution in [1.82, 2.24) is 4.57 Å². The van der Waals surface area contributed by atoms with E-state index in [1.54, 1.807) is 6.92 Å². The molecule has 1 aromatic heterocycles. The van der Waals surface area contributed by atoms with Crippen LogP contribution in [0.15, 0.2) is 30.3 Å². The predicted molar refractivity (Wildman–Crippen MR) is 91.4 cm³/mol. The number of hydrogen-bond acceptors (Lipinski definition) is 3. The van der Waals surface area contributed by atoms with Crippen LogP contribution in [0.2, 0.25) is 0 Å². The third-order valence-corrected chi connectivity index (χ3v) is 4.16. The van der Waals surface area contributed by atoms with Gasteiger partial charge in [0.1, 0.15) is 5.69 Å². The van der Waals surface area contributed by atoms with Gasteiger partial charge in [-0.2, -0.15) is 0 Å². The maximum absolute atomic E-state index is 12.4. The number of hydrogen-bond donors (Lipinski definition) is 1. The van der Waals surface area contributed by atoms with Crippen LogP contribution in [0.4, 0.5) is 0 Å². The first-order valence-electron chi connectivity index (χ1n) is 8.07. The molecule has 0 unspecified atom stereocenters. The van der Waals surface area contributed by atoms with E-state index in [1.165, 1.54) is 0 Å². The van der Waals surface area contributed by atoms with E-state index in [1.807, 2.05) is 48.7 Å². The molecular weight excluding hydrogens is 306 g/mol. The van der Waals surface area contributed by atoms with Crippen LogP contribution in [0.5, 0.6) is 0 Å². The molecule has 0 saturated heterocycles. The highest BCUT2D eigenvalue weighted by Crippen LogP contribution is 2.25. The third kappa shape index (κ3) is 3.85. The van der Waals surface area contributed by atoms with Crippen molar-refractivity contribution in [1.29, 1.82) is 0 Å².